The summed E-state index contributed by atoms with van der Waals surface area (Å²) in [6, 6.07) is 6.94. The molecule has 1 radical (unpaired) electrons. The van der Waals surface area contributed by atoms with E-state index in [1.165, 1.54) is 12.1 Å². The van der Waals surface area contributed by atoms with E-state index in [0.29, 0.717) is 0 Å². The van der Waals surface area contributed by atoms with Crippen LogP contribution in [0.25, 0.3) is 0 Å². The van der Waals surface area contributed by atoms with E-state index in [9.17, 15) is 4.39 Å². The number of rotatable bonds is 1. The van der Waals surface area contributed by atoms with Gasteiger partial charge in [0.2, 0.25) is 0 Å². The van der Waals surface area contributed by atoms with E-state index in [0.717, 1.165) is 23.6 Å². The van der Waals surface area contributed by atoms with E-state index in [-0.39, 0.29) is 11.9 Å². The van der Waals surface area contributed by atoms with Gasteiger partial charge in [0.05, 0.1) is 6.04 Å². The first-order chi connectivity index (χ1) is 6.36. The van der Waals surface area contributed by atoms with Crippen LogP contribution in [0.1, 0.15) is 11.6 Å². The van der Waals surface area contributed by atoms with Gasteiger partial charge in [-0.3, -0.25) is 0 Å². The second kappa shape index (κ2) is 4.11. The van der Waals surface area contributed by atoms with Crippen molar-refractivity contribution in [3.8, 4) is 0 Å². The fourth-order valence-electron chi connectivity index (χ4n) is 1.41. The molecule has 2 rings (SSSR count). The zero-order valence-electron chi connectivity index (χ0n) is 7.24. The van der Waals surface area contributed by atoms with Crippen LogP contribution in [0.5, 0.6) is 0 Å². The van der Waals surface area contributed by atoms with E-state index < -0.39 is 0 Å². The van der Waals surface area contributed by atoms with Gasteiger partial charge in [-0.05, 0) is 17.7 Å². The van der Waals surface area contributed by atoms with Crippen LogP contribution in [0.3, 0.4) is 0 Å². The number of hydrogen-bond donors (Lipinski definition) is 0. The summed E-state index contributed by atoms with van der Waals surface area (Å²) >= 11 is 1.91. The minimum atomic E-state index is -0.174. The van der Waals surface area contributed by atoms with Crippen LogP contribution in [0, 0.1) is 5.82 Å². The highest BCUT2D eigenvalue weighted by Gasteiger charge is 2.15. The summed E-state index contributed by atoms with van der Waals surface area (Å²) < 4.78 is 12.6. The lowest BCUT2D eigenvalue weighted by Gasteiger charge is -2.21. The third kappa shape index (κ3) is 2.23. The normalized spacial score (nSPS) is 23.0. The number of halogens is 1. The Hall–Kier alpha value is -0.540. The molecule has 69 valence electrons. The van der Waals surface area contributed by atoms with Crippen LogP contribution >= 0.6 is 11.8 Å². The lowest BCUT2D eigenvalue weighted by atomic mass is 10.1. The highest BCUT2D eigenvalue weighted by atomic mass is 32.2. The van der Waals surface area contributed by atoms with Crippen molar-refractivity contribution in [2.45, 2.75) is 6.04 Å². The van der Waals surface area contributed by atoms with Gasteiger partial charge < -0.3 is 0 Å². The lowest BCUT2D eigenvalue weighted by Crippen LogP contribution is -2.23. The van der Waals surface area contributed by atoms with Crippen LogP contribution in [-0.4, -0.2) is 18.1 Å². The maximum absolute atomic E-state index is 12.6. The maximum Gasteiger partial charge on any atom is 0.123 e. The van der Waals surface area contributed by atoms with Crippen LogP contribution in [0.15, 0.2) is 24.3 Å². The van der Waals surface area contributed by atoms with Gasteiger partial charge in [0.1, 0.15) is 5.82 Å². The summed E-state index contributed by atoms with van der Waals surface area (Å²) in [7, 11) is 0. The van der Waals surface area contributed by atoms with E-state index in [4.69, 9.17) is 0 Å². The largest absolute Gasteiger partial charge is 0.232 e. The molecule has 1 unspecified atom stereocenters. The third-order valence-corrected chi connectivity index (χ3v) is 3.14. The predicted molar refractivity (Wildman–Crippen MR) is 53.5 cm³/mol. The van der Waals surface area contributed by atoms with Crippen molar-refractivity contribution in [2.75, 3.05) is 18.1 Å². The quantitative estimate of drug-likeness (QED) is 0.671. The number of hydrogen-bond acceptors (Lipinski definition) is 1. The Morgan fingerprint density at radius 3 is 2.69 bits per heavy atom. The molecule has 1 aliphatic heterocycles. The molecular formula is C10H11FNS. The molecule has 0 amide bonds. The maximum atomic E-state index is 12.6. The second-order valence-corrected chi connectivity index (χ2v) is 4.20. The van der Waals surface area contributed by atoms with Gasteiger partial charge in [-0.1, -0.05) is 12.1 Å². The Labute approximate surface area is 81.7 Å². The van der Waals surface area contributed by atoms with E-state index in [1.807, 2.05) is 23.9 Å². The first kappa shape index (κ1) is 9.03. The predicted octanol–water partition coefficient (Wildman–Crippen LogP) is 2.22. The fraction of sp³-hybridized carbons (Fsp3) is 0.400. The highest BCUT2D eigenvalue weighted by Crippen LogP contribution is 2.22. The monoisotopic (exact) mass is 196 g/mol. The number of benzene rings is 1. The summed E-state index contributed by atoms with van der Waals surface area (Å²) in [5, 5.41) is 4.49. The Balaban J connectivity index is 2.10. The smallest absolute Gasteiger partial charge is 0.123 e. The topological polar surface area (TPSA) is 14.1 Å². The van der Waals surface area contributed by atoms with Crippen LogP contribution < -0.4 is 5.32 Å². The average molecular weight is 196 g/mol. The average Bonchev–Trinajstić information content (AvgIpc) is 2.20. The molecule has 1 aromatic rings. The molecule has 1 saturated heterocycles. The number of thioether (sulfide) groups is 1. The van der Waals surface area contributed by atoms with Crippen LogP contribution in [0.2, 0.25) is 0 Å². The lowest BCUT2D eigenvalue weighted by molar-refractivity contribution is 0.577. The summed E-state index contributed by atoms with van der Waals surface area (Å²) in [6.45, 7) is 0.923. The summed E-state index contributed by atoms with van der Waals surface area (Å²) in [5.74, 6) is 1.98. The minimum absolute atomic E-state index is 0.174. The molecule has 3 heteroatoms. The third-order valence-electron chi connectivity index (χ3n) is 2.12. The molecule has 0 aromatic heterocycles. The summed E-state index contributed by atoms with van der Waals surface area (Å²) in [5.41, 5.74) is 1.13. The van der Waals surface area contributed by atoms with Crippen molar-refractivity contribution in [3.05, 3.63) is 35.6 Å². The molecule has 1 nitrogen and oxygen atoms in total. The van der Waals surface area contributed by atoms with E-state index >= 15 is 0 Å². The zero-order chi connectivity index (χ0) is 9.10. The van der Waals surface area contributed by atoms with Gasteiger partial charge in [0.25, 0.3) is 0 Å². The summed E-state index contributed by atoms with van der Waals surface area (Å²) in [4.78, 5) is 0. The van der Waals surface area contributed by atoms with Gasteiger partial charge in [0.15, 0.2) is 0 Å². The molecule has 0 N–H and O–H groups in total. The fourth-order valence-corrected chi connectivity index (χ4v) is 2.33. The van der Waals surface area contributed by atoms with Crippen LogP contribution in [-0.2, 0) is 0 Å². The van der Waals surface area contributed by atoms with Gasteiger partial charge >= 0.3 is 0 Å². The van der Waals surface area contributed by atoms with Crippen molar-refractivity contribution in [1.82, 2.24) is 5.32 Å². The standard InChI is InChI=1S/C10H11FNS/c11-9-3-1-8(2-4-9)10-7-13-6-5-12-10/h1-4,10H,5-7H2. The molecule has 0 aliphatic carbocycles. The van der Waals surface area contributed by atoms with E-state index in [1.54, 1.807) is 0 Å². The van der Waals surface area contributed by atoms with Crippen molar-refractivity contribution in [1.29, 1.82) is 0 Å². The Kier molecular flexibility index (Phi) is 2.86. The summed E-state index contributed by atoms with van der Waals surface area (Å²) in [6.07, 6.45) is 0. The minimum Gasteiger partial charge on any atom is -0.232 e. The molecule has 0 bridgehead atoms. The molecule has 1 aromatic carbocycles. The van der Waals surface area contributed by atoms with Crippen molar-refractivity contribution < 1.29 is 4.39 Å². The van der Waals surface area contributed by atoms with Gasteiger partial charge in [-0.25, -0.2) is 9.71 Å². The van der Waals surface area contributed by atoms with E-state index in [2.05, 4.69) is 5.32 Å². The van der Waals surface area contributed by atoms with Gasteiger partial charge in [0, 0.05) is 18.1 Å². The molecule has 13 heavy (non-hydrogen) atoms. The SMILES string of the molecule is Fc1ccc(C2CSCC[N]2)cc1. The highest BCUT2D eigenvalue weighted by molar-refractivity contribution is 7.99. The second-order valence-electron chi connectivity index (χ2n) is 3.05. The van der Waals surface area contributed by atoms with Crippen molar-refractivity contribution in [3.63, 3.8) is 0 Å². The molecule has 0 saturated carbocycles. The van der Waals surface area contributed by atoms with Crippen molar-refractivity contribution in [2.24, 2.45) is 0 Å². The Morgan fingerprint density at radius 1 is 1.31 bits per heavy atom. The molecule has 1 heterocycles. The van der Waals surface area contributed by atoms with Crippen molar-refractivity contribution >= 4 is 11.8 Å². The molecule has 1 fully saturated rings. The first-order valence-corrected chi connectivity index (χ1v) is 5.51. The molecule has 1 atom stereocenters. The molecule has 1 aliphatic rings. The first-order valence-electron chi connectivity index (χ1n) is 4.36. The number of nitrogens with zero attached hydrogens (tertiary/aromatic N) is 1. The Morgan fingerprint density at radius 2 is 2.08 bits per heavy atom. The molecule has 0 spiro atoms. The zero-order valence-corrected chi connectivity index (χ0v) is 8.06. The van der Waals surface area contributed by atoms with Gasteiger partial charge in [-0.15, -0.1) is 0 Å². The Bertz CT molecular complexity index is 267. The molecular weight excluding hydrogens is 185 g/mol. The van der Waals surface area contributed by atoms with Gasteiger partial charge in [-0.2, -0.15) is 11.8 Å². The van der Waals surface area contributed by atoms with Crippen LogP contribution in [0.4, 0.5) is 4.39 Å².